The second-order valence-corrected chi connectivity index (χ2v) is 16.7. The van der Waals surface area contributed by atoms with Crippen molar-refractivity contribution in [3.63, 3.8) is 0 Å². The lowest BCUT2D eigenvalue weighted by atomic mass is 9.75. The molecule has 0 saturated carbocycles. The van der Waals surface area contributed by atoms with Crippen LogP contribution in [-0.2, 0) is 16.2 Å². The molecule has 0 spiro atoms. The lowest BCUT2D eigenvalue weighted by Crippen LogP contribution is -2.19. The van der Waals surface area contributed by atoms with E-state index < -0.39 is 0 Å². The standard InChI is InChI=1S/C51H47N/c1-32-13-21-36(22-14-32)52(37-23-15-33(2)16-24-37)38-25-28-40-39-26-19-34(29-44(39)49(3,4)46(40)31-38)17-18-35-20-27-42-45(30-35)51(7,8)47-41-11-9-10-12-43(41)50(5,6)48(42)47/h9-31H,1-8H3/b18-17+/i17D,18D. The van der Waals surface area contributed by atoms with Crippen LogP contribution in [0.4, 0.5) is 17.1 Å². The average molecular weight is 676 g/mol. The number of aryl methyl sites for hydroxylation is 2. The number of hydrogen-bond acceptors (Lipinski definition) is 1. The third-order valence-corrected chi connectivity index (χ3v) is 12.2. The van der Waals surface area contributed by atoms with Gasteiger partial charge < -0.3 is 4.90 Å². The molecule has 9 rings (SSSR count). The highest BCUT2D eigenvalue weighted by Gasteiger charge is 2.49. The molecule has 3 aliphatic carbocycles. The summed E-state index contributed by atoms with van der Waals surface area (Å²) in [4.78, 5) is 2.34. The Kier molecular flexibility index (Phi) is 6.57. The van der Waals surface area contributed by atoms with Gasteiger partial charge in [0.05, 0.1) is 2.74 Å². The molecule has 1 heteroatoms. The SMILES string of the molecule is [2H]/C(=C(/[2H])c1ccc2c(c1)C(C)(C)c1cc(N(c3ccc(C)cc3)c3ccc(C)cc3)ccc1-2)c1ccc2c(c1)C(C)(C)C1=C2C(C)(C)c2ccccc21. The molecular weight excluding hydrogens is 627 g/mol. The second kappa shape index (κ2) is 11.3. The number of allylic oxidation sites excluding steroid dienone is 2. The highest BCUT2D eigenvalue weighted by atomic mass is 15.1. The van der Waals surface area contributed by atoms with Gasteiger partial charge in [0.1, 0.15) is 0 Å². The summed E-state index contributed by atoms with van der Waals surface area (Å²) in [7, 11) is 0. The Bertz CT molecular complexity index is 2550. The largest absolute Gasteiger partial charge is 0.310 e. The predicted molar refractivity (Wildman–Crippen MR) is 223 cm³/mol. The predicted octanol–water partition coefficient (Wildman–Crippen LogP) is 13.7. The molecule has 0 fully saturated rings. The minimum absolute atomic E-state index is 0.0919. The number of hydrogen-bond donors (Lipinski definition) is 0. The molecule has 0 N–H and O–H groups in total. The van der Waals surface area contributed by atoms with Crippen molar-refractivity contribution in [3.05, 3.63) is 183 Å². The quantitative estimate of drug-likeness (QED) is 0.164. The summed E-state index contributed by atoms with van der Waals surface area (Å²) in [6.07, 6.45) is 0. The van der Waals surface area contributed by atoms with Crippen molar-refractivity contribution in [1.82, 2.24) is 0 Å². The van der Waals surface area contributed by atoms with Crippen LogP contribution < -0.4 is 4.90 Å². The number of benzene rings is 6. The van der Waals surface area contributed by atoms with Crippen LogP contribution in [0.5, 0.6) is 0 Å². The Morgan fingerprint density at radius 2 is 0.846 bits per heavy atom. The van der Waals surface area contributed by atoms with Crippen LogP contribution >= 0.6 is 0 Å². The van der Waals surface area contributed by atoms with Crippen LogP contribution in [-0.4, -0.2) is 0 Å². The molecule has 0 aliphatic heterocycles. The van der Waals surface area contributed by atoms with Crippen LogP contribution in [0.3, 0.4) is 0 Å². The van der Waals surface area contributed by atoms with Gasteiger partial charge in [0.2, 0.25) is 0 Å². The van der Waals surface area contributed by atoms with Crippen molar-refractivity contribution in [1.29, 1.82) is 0 Å². The fourth-order valence-electron chi connectivity index (χ4n) is 9.36. The summed E-state index contributed by atoms with van der Waals surface area (Å²) in [5.41, 5.74) is 19.8. The molecule has 1 nitrogen and oxygen atoms in total. The minimum atomic E-state index is -0.293. The van der Waals surface area contributed by atoms with Crippen LogP contribution in [0.2, 0.25) is 0 Å². The number of rotatable bonds is 5. The summed E-state index contributed by atoms with van der Waals surface area (Å²) in [6.45, 7) is 18.1. The maximum absolute atomic E-state index is 9.38. The first-order valence-corrected chi connectivity index (χ1v) is 18.6. The van der Waals surface area contributed by atoms with Gasteiger partial charge in [0.25, 0.3) is 0 Å². The van der Waals surface area contributed by atoms with Crippen LogP contribution in [0, 0.1) is 13.8 Å². The van der Waals surface area contributed by atoms with E-state index >= 15 is 0 Å². The van der Waals surface area contributed by atoms with Gasteiger partial charge in [-0.3, -0.25) is 0 Å². The Balaban J connectivity index is 1.08. The van der Waals surface area contributed by atoms with Crippen molar-refractivity contribution in [3.8, 4) is 11.1 Å². The average Bonchev–Trinajstić information content (AvgIpc) is 3.66. The van der Waals surface area contributed by atoms with E-state index in [0.29, 0.717) is 0 Å². The topological polar surface area (TPSA) is 3.24 Å². The minimum Gasteiger partial charge on any atom is -0.310 e. The molecule has 0 saturated heterocycles. The Morgan fingerprint density at radius 1 is 0.423 bits per heavy atom. The first-order chi connectivity index (χ1) is 25.7. The lowest BCUT2D eigenvalue weighted by molar-refractivity contribution is 0.660. The van der Waals surface area contributed by atoms with Gasteiger partial charge in [0.15, 0.2) is 0 Å². The Morgan fingerprint density at radius 3 is 1.42 bits per heavy atom. The lowest BCUT2D eigenvalue weighted by Gasteiger charge is -2.28. The molecule has 0 aromatic heterocycles. The molecule has 3 aliphatic rings. The molecule has 6 aromatic rings. The molecule has 0 atom stereocenters. The Hall–Kier alpha value is -5.40. The number of anilines is 3. The van der Waals surface area contributed by atoms with Gasteiger partial charge in [-0.05, 0) is 117 Å². The van der Waals surface area contributed by atoms with Gasteiger partial charge in [-0.1, -0.05) is 156 Å². The van der Waals surface area contributed by atoms with E-state index in [9.17, 15) is 2.74 Å². The fraction of sp³-hybridized carbons (Fsp3) is 0.216. The third kappa shape index (κ3) is 4.75. The molecule has 0 radical (unpaired) electrons. The van der Waals surface area contributed by atoms with E-state index in [1.54, 1.807) is 0 Å². The van der Waals surface area contributed by atoms with Crippen LogP contribution in [0.25, 0.3) is 34.4 Å². The number of fused-ring (bicyclic) bond motifs is 7. The molecule has 52 heavy (non-hydrogen) atoms. The van der Waals surface area contributed by atoms with E-state index in [0.717, 1.165) is 28.2 Å². The molecule has 6 aromatic carbocycles. The highest BCUT2D eigenvalue weighted by Crippen LogP contribution is 2.62. The summed E-state index contributed by atoms with van der Waals surface area (Å²) >= 11 is 0. The van der Waals surface area contributed by atoms with Gasteiger partial charge >= 0.3 is 0 Å². The first kappa shape index (κ1) is 30.2. The second-order valence-electron chi connectivity index (χ2n) is 16.7. The molecule has 256 valence electrons. The molecule has 0 bridgehead atoms. The molecule has 0 amide bonds. The van der Waals surface area contributed by atoms with Gasteiger partial charge in [0, 0.05) is 33.3 Å². The zero-order valence-corrected chi connectivity index (χ0v) is 31.6. The van der Waals surface area contributed by atoms with Crippen molar-refractivity contribution >= 4 is 40.3 Å². The maximum atomic E-state index is 9.38. The maximum Gasteiger partial charge on any atom is 0.0629 e. The van der Waals surface area contributed by atoms with Crippen molar-refractivity contribution in [2.45, 2.75) is 71.6 Å². The van der Waals surface area contributed by atoms with Gasteiger partial charge in [-0.15, -0.1) is 0 Å². The first-order valence-electron chi connectivity index (χ1n) is 19.6. The van der Waals surface area contributed by atoms with Crippen LogP contribution in [0.1, 0.15) is 99.9 Å². The summed E-state index contributed by atoms with van der Waals surface area (Å²) in [5, 5.41) is 0. The van der Waals surface area contributed by atoms with E-state index in [4.69, 9.17) is 0 Å². The van der Waals surface area contributed by atoms with Crippen molar-refractivity contribution < 1.29 is 2.74 Å². The summed E-state index contributed by atoms with van der Waals surface area (Å²) in [6, 6.07) is 46.5. The van der Waals surface area contributed by atoms with Crippen LogP contribution in [0.15, 0.2) is 127 Å². The van der Waals surface area contributed by atoms with Gasteiger partial charge in [-0.25, -0.2) is 0 Å². The Labute approximate surface area is 312 Å². The molecular formula is C51H47N. The molecule has 0 unspecified atom stereocenters. The van der Waals surface area contributed by atoms with Crippen molar-refractivity contribution in [2.24, 2.45) is 0 Å². The fourth-order valence-corrected chi connectivity index (χ4v) is 9.36. The third-order valence-electron chi connectivity index (χ3n) is 12.2. The highest BCUT2D eigenvalue weighted by molar-refractivity contribution is 6.09. The van der Waals surface area contributed by atoms with Crippen molar-refractivity contribution in [2.75, 3.05) is 4.90 Å². The van der Waals surface area contributed by atoms with E-state index in [2.05, 4.69) is 182 Å². The zero-order chi connectivity index (χ0) is 37.9. The number of nitrogens with zero attached hydrogens (tertiary/aromatic N) is 1. The zero-order valence-electron chi connectivity index (χ0n) is 33.6. The molecule has 0 heterocycles. The smallest absolute Gasteiger partial charge is 0.0629 e. The van der Waals surface area contributed by atoms with E-state index in [1.807, 2.05) is 6.07 Å². The van der Waals surface area contributed by atoms with Gasteiger partial charge in [-0.2, -0.15) is 0 Å². The normalized spacial score (nSPS) is 17.7. The summed E-state index contributed by atoms with van der Waals surface area (Å²) in [5.74, 6) is 0. The monoisotopic (exact) mass is 675 g/mol. The van der Waals surface area contributed by atoms with E-state index in [1.165, 1.54) is 66.8 Å². The summed E-state index contributed by atoms with van der Waals surface area (Å²) < 4.78 is 18.7. The van der Waals surface area contributed by atoms with E-state index in [-0.39, 0.29) is 28.3 Å².